The van der Waals surface area contributed by atoms with Crippen molar-refractivity contribution in [3.8, 4) is 5.75 Å². The molecule has 0 aromatic heterocycles. The lowest BCUT2D eigenvalue weighted by Gasteiger charge is -2.37. The molecule has 0 aliphatic carbocycles. The molecule has 0 amide bonds. The van der Waals surface area contributed by atoms with E-state index in [-0.39, 0.29) is 4.75 Å². The molecular weight excluding hydrogens is 334 g/mol. The van der Waals surface area contributed by atoms with Gasteiger partial charge in [0.2, 0.25) is 0 Å². The van der Waals surface area contributed by atoms with Gasteiger partial charge in [0.05, 0.1) is 7.11 Å². The fraction of sp³-hybridized carbons (Fsp3) is 0.632. The minimum absolute atomic E-state index is 0.242. The fourth-order valence-corrected chi connectivity index (χ4v) is 4.31. The number of aliphatic imine (C=N–C) groups is 1. The van der Waals surface area contributed by atoms with E-state index in [9.17, 15) is 0 Å². The molecule has 1 saturated heterocycles. The van der Waals surface area contributed by atoms with Crippen molar-refractivity contribution in [1.82, 2.24) is 10.6 Å². The van der Waals surface area contributed by atoms with E-state index in [0.717, 1.165) is 55.6 Å². The number of nitrogens with one attached hydrogen (secondary N) is 2. The zero-order valence-electron chi connectivity index (χ0n) is 15.9. The first kappa shape index (κ1) is 19.9. The number of hydrogen-bond donors (Lipinski definition) is 2. The van der Waals surface area contributed by atoms with E-state index in [1.165, 1.54) is 5.56 Å². The van der Waals surface area contributed by atoms with Gasteiger partial charge in [-0.1, -0.05) is 19.1 Å². The monoisotopic (exact) mass is 365 g/mol. The van der Waals surface area contributed by atoms with Crippen LogP contribution in [0, 0.1) is 6.92 Å². The summed E-state index contributed by atoms with van der Waals surface area (Å²) >= 11 is 2.03. The van der Waals surface area contributed by atoms with Gasteiger partial charge in [-0.25, -0.2) is 0 Å². The van der Waals surface area contributed by atoms with Crippen LogP contribution in [0.4, 0.5) is 0 Å². The second kappa shape index (κ2) is 9.92. The molecule has 6 heteroatoms. The number of rotatable bonds is 7. The summed E-state index contributed by atoms with van der Waals surface area (Å²) in [7, 11) is 3.52. The van der Waals surface area contributed by atoms with Crippen LogP contribution >= 0.6 is 11.8 Å². The summed E-state index contributed by atoms with van der Waals surface area (Å²) < 4.78 is 11.3. The Bertz CT molecular complexity index is 566. The summed E-state index contributed by atoms with van der Waals surface area (Å²) in [6.45, 7) is 7.57. The van der Waals surface area contributed by atoms with Gasteiger partial charge in [0, 0.05) is 43.7 Å². The average Bonchev–Trinajstić information content (AvgIpc) is 2.63. The molecule has 0 unspecified atom stereocenters. The average molecular weight is 366 g/mol. The quantitative estimate of drug-likeness (QED) is 0.575. The molecule has 1 aromatic rings. The molecule has 0 radical (unpaired) electrons. The second-order valence-electron chi connectivity index (χ2n) is 6.32. The van der Waals surface area contributed by atoms with E-state index in [0.29, 0.717) is 6.54 Å². The summed E-state index contributed by atoms with van der Waals surface area (Å²) in [6.07, 6.45) is 2.17. The third-order valence-electron chi connectivity index (χ3n) is 4.55. The number of nitrogens with zero attached hydrogens (tertiary/aromatic N) is 1. The minimum atomic E-state index is 0.242. The van der Waals surface area contributed by atoms with E-state index in [4.69, 9.17) is 9.47 Å². The highest BCUT2D eigenvalue weighted by atomic mass is 32.2. The number of hydrogen-bond acceptors (Lipinski definition) is 4. The number of methoxy groups -OCH3 is 1. The lowest BCUT2D eigenvalue weighted by molar-refractivity contribution is 0.0782. The summed E-state index contributed by atoms with van der Waals surface area (Å²) in [6, 6.07) is 6.26. The van der Waals surface area contributed by atoms with Crippen LogP contribution in [0.3, 0.4) is 0 Å². The van der Waals surface area contributed by atoms with Gasteiger partial charge >= 0.3 is 0 Å². The molecular formula is C19H31N3O2S. The van der Waals surface area contributed by atoms with Crippen molar-refractivity contribution in [3.05, 3.63) is 29.3 Å². The molecule has 25 heavy (non-hydrogen) atoms. The summed E-state index contributed by atoms with van der Waals surface area (Å²) in [5.41, 5.74) is 2.32. The van der Waals surface area contributed by atoms with Crippen molar-refractivity contribution >= 4 is 17.7 Å². The van der Waals surface area contributed by atoms with Crippen LogP contribution in [0.5, 0.6) is 5.75 Å². The first-order valence-corrected chi connectivity index (χ1v) is 9.91. The first-order chi connectivity index (χ1) is 12.1. The maximum Gasteiger partial charge on any atom is 0.191 e. The van der Waals surface area contributed by atoms with Crippen molar-refractivity contribution in [1.29, 1.82) is 0 Å². The molecule has 1 aliphatic heterocycles. The van der Waals surface area contributed by atoms with Gasteiger partial charge in [-0.15, -0.1) is 0 Å². The molecule has 1 aromatic carbocycles. The molecule has 1 aliphatic rings. The number of ether oxygens (including phenoxy) is 2. The van der Waals surface area contributed by atoms with Crippen LogP contribution in [0.2, 0.25) is 0 Å². The second-order valence-corrected chi connectivity index (χ2v) is 8.06. The first-order valence-electron chi connectivity index (χ1n) is 8.92. The maximum absolute atomic E-state index is 5.54. The van der Waals surface area contributed by atoms with Gasteiger partial charge in [-0.3, -0.25) is 4.99 Å². The van der Waals surface area contributed by atoms with Gasteiger partial charge in [-0.05, 0) is 37.1 Å². The van der Waals surface area contributed by atoms with Gasteiger partial charge in [0.25, 0.3) is 0 Å². The van der Waals surface area contributed by atoms with Gasteiger partial charge in [0.15, 0.2) is 5.96 Å². The predicted octanol–water partition coefficient (Wildman–Crippen LogP) is 2.97. The van der Waals surface area contributed by atoms with E-state index >= 15 is 0 Å². The van der Waals surface area contributed by atoms with Crippen molar-refractivity contribution in [2.24, 2.45) is 4.99 Å². The Morgan fingerprint density at radius 3 is 2.72 bits per heavy atom. The van der Waals surface area contributed by atoms with Crippen LogP contribution in [0.15, 0.2) is 23.2 Å². The van der Waals surface area contributed by atoms with E-state index in [2.05, 4.69) is 47.7 Å². The number of aryl methyl sites for hydroxylation is 1. The molecule has 0 saturated carbocycles. The topological polar surface area (TPSA) is 54.9 Å². The Hall–Kier alpha value is -1.40. The van der Waals surface area contributed by atoms with E-state index in [1.807, 2.05) is 18.8 Å². The van der Waals surface area contributed by atoms with E-state index < -0.39 is 0 Å². The highest BCUT2D eigenvalue weighted by Crippen LogP contribution is 2.34. The summed E-state index contributed by atoms with van der Waals surface area (Å²) in [5, 5.41) is 6.90. The smallest absolute Gasteiger partial charge is 0.191 e. The maximum atomic E-state index is 5.54. The normalized spacial score (nSPS) is 17.2. The molecule has 2 rings (SSSR count). The van der Waals surface area contributed by atoms with Crippen molar-refractivity contribution < 1.29 is 9.47 Å². The zero-order valence-corrected chi connectivity index (χ0v) is 16.7. The molecule has 1 heterocycles. The largest absolute Gasteiger partial charge is 0.496 e. The molecule has 0 bridgehead atoms. The van der Waals surface area contributed by atoms with Crippen LogP contribution in [-0.2, 0) is 11.3 Å². The summed E-state index contributed by atoms with van der Waals surface area (Å²) in [4.78, 5) is 4.36. The van der Waals surface area contributed by atoms with Crippen LogP contribution in [0.1, 0.15) is 30.9 Å². The standard InChI is InChI=1S/C19H31N3O2S/c1-5-25-19(8-10-24-11-9-19)14-22-18(20-3)21-13-16-7-6-15(2)12-17(16)23-4/h6-7,12H,5,8-11,13-14H2,1-4H3,(H2,20,21,22). The van der Waals surface area contributed by atoms with Crippen LogP contribution in [0.25, 0.3) is 0 Å². The Labute approximate surface area is 156 Å². The van der Waals surface area contributed by atoms with Crippen LogP contribution < -0.4 is 15.4 Å². The third-order valence-corrected chi connectivity index (χ3v) is 6.00. The van der Waals surface area contributed by atoms with Crippen LogP contribution in [-0.4, -0.2) is 50.4 Å². The molecule has 2 N–H and O–H groups in total. The minimum Gasteiger partial charge on any atom is -0.496 e. The molecule has 0 atom stereocenters. The van der Waals surface area contributed by atoms with Crippen molar-refractivity contribution in [3.63, 3.8) is 0 Å². The van der Waals surface area contributed by atoms with Crippen molar-refractivity contribution in [2.45, 2.75) is 38.0 Å². The highest BCUT2D eigenvalue weighted by Gasteiger charge is 2.32. The summed E-state index contributed by atoms with van der Waals surface area (Å²) in [5.74, 6) is 2.85. The Morgan fingerprint density at radius 1 is 1.32 bits per heavy atom. The van der Waals surface area contributed by atoms with E-state index in [1.54, 1.807) is 7.11 Å². The Balaban J connectivity index is 1.92. The third kappa shape index (κ3) is 5.82. The molecule has 0 spiro atoms. The zero-order chi connectivity index (χ0) is 18.1. The lowest BCUT2D eigenvalue weighted by atomic mass is 9.99. The fourth-order valence-electron chi connectivity index (χ4n) is 3.06. The SMILES string of the molecule is CCSC1(CNC(=NC)NCc2ccc(C)cc2OC)CCOCC1. The predicted molar refractivity (Wildman–Crippen MR) is 107 cm³/mol. The Kier molecular flexibility index (Phi) is 7.90. The lowest BCUT2D eigenvalue weighted by Crippen LogP contribution is -2.48. The molecule has 5 nitrogen and oxygen atoms in total. The van der Waals surface area contributed by atoms with Gasteiger partial charge in [0.1, 0.15) is 5.75 Å². The number of thioether (sulfide) groups is 1. The van der Waals surface area contributed by atoms with Gasteiger partial charge < -0.3 is 20.1 Å². The Morgan fingerprint density at radius 2 is 2.08 bits per heavy atom. The number of guanidine groups is 1. The molecule has 140 valence electrons. The number of benzene rings is 1. The highest BCUT2D eigenvalue weighted by molar-refractivity contribution is 8.00. The molecule has 1 fully saturated rings. The van der Waals surface area contributed by atoms with Gasteiger partial charge in [-0.2, -0.15) is 11.8 Å². The van der Waals surface area contributed by atoms with Crippen molar-refractivity contribution in [2.75, 3.05) is 39.7 Å².